The molecule has 162 valence electrons. The van der Waals surface area contributed by atoms with E-state index in [0.29, 0.717) is 12.1 Å². The molecule has 0 spiro atoms. The normalized spacial score (nSPS) is 26.2. The summed E-state index contributed by atoms with van der Waals surface area (Å²) in [6.07, 6.45) is 7.43. The zero-order valence-corrected chi connectivity index (χ0v) is 19.0. The Morgan fingerprint density at radius 1 is 0.871 bits per heavy atom. The van der Waals surface area contributed by atoms with E-state index >= 15 is 0 Å². The van der Waals surface area contributed by atoms with Crippen LogP contribution in [-0.2, 0) is 4.79 Å². The molecule has 1 unspecified atom stereocenters. The monoisotopic (exact) mass is 434 g/mol. The number of carbonyl (C=O) groups is 1. The summed E-state index contributed by atoms with van der Waals surface area (Å²) < 4.78 is 0. The lowest BCUT2D eigenvalue weighted by molar-refractivity contribution is -0.134. The largest absolute Gasteiger partial charge is 0.340 e. The Bertz CT molecular complexity index is 962. The number of likely N-dealkylation sites (N-methyl/N-ethyl adjacent to an activating group) is 1. The molecule has 2 aliphatic carbocycles. The van der Waals surface area contributed by atoms with Gasteiger partial charge in [-0.25, -0.2) is 0 Å². The van der Waals surface area contributed by atoms with Gasteiger partial charge in [0, 0.05) is 24.2 Å². The van der Waals surface area contributed by atoms with E-state index in [2.05, 4.69) is 34.1 Å². The van der Waals surface area contributed by atoms with Gasteiger partial charge in [0.1, 0.15) is 0 Å². The van der Waals surface area contributed by atoms with E-state index in [-0.39, 0.29) is 11.8 Å². The van der Waals surface area contributed by atoms with Crippen molar-refractivity contribution in [2.24, 2.45) is 5.92 Å². The summed E-state index contributed by atoms with van der Waals surface area (Å²) in [5.74, 6) is 0.106. The van der Waals surface area contributed by atoms with Crippen LogP contribution in [0.3, 0.4) is 0 Å². The Balaban J connectivity index is 1.41. The van der Waals surface area contributed by atoms with Gasteiger partial charge in [-0.15, -0.1) is 0 Å². The van der Waals surface area contributed by atoms with Crippen molar-refractivity contribution in [2.75, 3.05) is 20.1 Å². The van der Waals surface area contributed by atoms with Gasteiger partial charge in [0.15, 0.2) is 0 Å². The molecule has 1 saturated carbocycles. The maximum absolute atomic E-state index is 13.8. The summed E-state index contributed by atoms with van der Waals surface area (Å²) in [4.78, 5) is 18.6. The van der Waals surface area contributed by atoms with Gasteiger partial charge in [-0.2, -0.15) is 0 Å². The van der Waals surface area contributed by atoms with Crippen LogP contribution < -0.4 is 0 Å². The molecule has 0 radical (unpaired) electrons. The molecule has 1 heterocycles. The van der Waals surface area contributed by atoms with Crippen LogP contribution in [0.15, 0.2) is 54.6 Å². The fraction of sp³-hybridized carbons (Fsp3) is 0.444. The number of carbonyl (C=O) groups excluding carboxylic acids is 1. The number of hydrogen-bond acceptors (Lipinski definition) is 2. The zero-order chi connectivity index (χ0) is 21.4. The first-order valence-corrected chi connectivity index (χ1v) is 12.1. The van der Waals surface area contributed by atoms with Crippen molar-refractivity contribution in [3.8, 4) is 0 Å². The molecule has 2 aromatic rings. The van der Waals surface area contributed by atoms with E-state index < -0.39 is 0 Å². The number of likely N-dealkylation sites (tertiary alicyclic amines) is 1. The fourth-order valence-corrected chi connectivity index (χ4v) is 5.90. The third-order valence-electron chi connectivity index (χ3n) is 7.42. The average Bonchev–Trinajstić information content (AvgIpc) is 3.31. The summed E-state index contributed by atoms with van der Waals surface area (Å²) in [5, 5.41) is 0.724. The third kappa shape index (κ3) is 4.06. The molecule has 2 aromatic carbocycles. The van der Waals surface area contributed by atoms with E-state index in [0.717, 1.165) is 28.1 Å². The lowest BCUT2D eigenvalue weighted by Crippen LogP contribution is -2.53. The Labute approximate surface area is 190 Å². The highest BCUT2D eigenvalue weighted by Crippen LogP contribution is 2.54. The van der Waals surface area contributed by atoms with Crippen LogP contribution >= 0.6 is 11.6 Å². The van der Waals surface area contributed by atoms with Crippen LogP contribution in [0.2, 0.25) is 5.02 Å². The quantitative estimate of drug-likeness (QED) is 0.598. The second-order valence-electron chi connectivity index (χ2n) is 9.24. The van der Waals surface area contributed by atoms with E-state index in [1.807, 2.05) is 37.4 Å². The predicted molar refractivity (Wildman–Crippen MR) is 128 cm³/mol. The van der Waals surface area contributed by atoms with Crippen LogP contribution in [0, 0.1) is 5.92 Å². The number of hydrogen-bond donors (Lipinski definition) is 0. The molecule has 1 saturated heterocycles. The van der Waals surface area contributed by atoms with Gasteiger partial charge in [-0.05, 0) is 73.2 Å². The molecule has 0 N–H and O–H groups in total. The summed E-state index contributed by atoms with van der Waals surface area (Å²) in [7, 11) is 2.04. The van der Waals surface area contributed by atoms with Gasteiger partial charge in [0.2, 0.25) is 5.91 Å². The van der Waals surface area contributed by atoms with Crippen LogP contribution in [0.4, 0.5) is 0 Å². The highest BCUT2D eigenvalue weighted by Gasteiger charge is 2.47. The van der Waals surface area contributed by atoms with Crippen LogP contribution in [-0.4, -0.2) is 47.9 Å². The molecule has 3 aliphatic rings. The van der Waals surface area contributed by atoms with Gasteiger partial charge in [-0.3, -0.25) is 9.69 Å². The maximum atomic E-state index is 13.8. The highest BCUT2D eigenvalue weighted by atomic mass is 35.5. The van der Waals surface area contributed by atoms with Crippen LogP contribution in [0.1, 0.15) is 49.7 Å². The van der Waals surface area contributed by atoms with Crippen LogP contribution in [0.25, 0.3) is 11.1 Å². The molecular weight excluding hydrogens is 404 g/mol. The van der Waals surface area contributed by atoms with Gasteiger partial charge in [0.05, 0.1) is 5.92 Å². The van der Waals surface area contributed by atoms with Crippen molar-refractivity contribution in [3.63, 3.8) is 0 Å². The van der Waals surface area contributed by atoms with E-state index in [9.17, 15) is 4.79 Å². The zero-order valence-electron chi connectivity index (χ0n) is 18.3. The van der Waals surface area contributed by atoms with Gasteiger partial charge in [-0.1, -0.05) is 66.9 Å². The predicted octanol–water partition coefficient (Wildman–Crippen LogP) is 5.75. The number of benzene rings is 2. The molecule has 3 nitrogen and oxygen atoms in total. The first-order valence-electron chi connectivity index (χ1n) is 11.7. The number of amides is 1. The number of rotatable bonds is 5. The molecule has 1 aliphatic heterocycles. The van der Waals surface area contributed by atoms with Crippen molar-refractivity contribution in [2.45, 2.75) is 50.6 Å². The Kier molecular flexibility index (Phi) is 5.90. The molecule has 31 heavy (non-hydrogen) atoms. The lowest BCUT2D eigenvalue weighted by atomic mass is 9.88. The standard InChI is InChI=1S/C27H31ClN2O/c1-29(22-11-5-6-12-23(22)30-17-7-8-18-30)27(31)26-24(19-9-3-2-4-10-19)25(26)20-13-15-21(28)16-14-20/h2-4,9-10,13-16,22-23,26H,5-8,11-12,17-18H2,1H3/t22-,23-,26?/m1/s1. The van der Waals surface area contributed by atoms with Gasteiger partial charge < -0.3 is 4.90 Å². The van der Waals surface area contributed by atoms with Crippen molar-refractivity contribution < 1.29 is 4.79 Å². The summed E-state index contributed by atoms with van der Waals surface area (Å²) in [5.41, 5.74) is 4.59. The van der Waals surface area contributed by atoms with E-state index in [1.54, 1.807) is 0 Å². The number of nitrogens with zero attached hydrogens (tertiary/aromatic N) is 2. The SMILES string of the molecule is CN(C(=O)C1C(c2ccccc2)=C1c1ccc(Cl)cc1)[C@@H]1CCCC[C@H]1N1CCCC1. The Morgan fingerprint density at radius 2 is 1.48 bits per heavy atom. The maximum Gasteiger partial charge on any atom is 0.234 e. The Morgan fingerprint density at radius 3 is 2.16 bits per heavy atom. The second kappa shape index (κ2) is 8.80. The average molecular weight is 435 g/mol. The second-order valence-corrected chi connectivity index (χ2v) is 9.68. The topological polar surface area (TPSA) is 23.6 Å². The summed E-state index contributed by atoms with van der Waals surface area (Å²) in [6, 6.07) is 19.1. The van der Waals surface area contributed by atoms with Crippen molar-refractivity contribution in [1.82, 2.24) is 9.80 Å². The van der Waals surface area contributed by atoms with Crippen molar-refractivity contribution >= 4 is 28.7 Å². The smallest absolute Gasteiger partial charge is 0.234 e. The molecular formula is C27H31ClN2O. The summed E-state index contributed by atoms with van der Waals surface area (Å²) >= 11 is 6.12. The van der Waals surface area contributed by atoms with E-state index in [1.165, 1.54) is 50.8 Å². The minimum absolute atomic E-state index is 0.144. The molecule has 5 rings (SSSR count). The Hall–Kier alpha value is -2.10. The van der Waals surface area contributed by atoms with E-state index in [4.69, 9.17) is 11.6 Å². The first kappa shape index (κ1) is 20.8. The van der Waals surface area contributed by atoms with Gasteiger partial charge >= 0.3 is 0 Å². The lowest BCUT2D eigenvalue weighted by Gasteiger charge is -2.42. The molecule has 0 bridgehead atoms. The third-order valence-corrected chi connectivity index (χ3v) is 7.67. The molecule has 3 atom stereocenters. The minimum atomic E-state index is -0.144. The summed E-state index contributed by atoms with van der Waals surface area (Å²) in [6.45, 7) is 2.38. The highest BCUT2D eigenvalue weighted by molar-refractivity contribution is 6.30. The van der Waals surface area contributed by atoms with Crippen LogP contribution in [0.5, 0.6) is 0 Å². The molecule has 4 heteroatoms. The van der Waals surface area contributed by atoms with Crippen molar-refractivity contribution in [3.05, 3.63) is 70.7 Å². The number of halogens is 1. The molecule has 2 fully saturated rings. The molecule has 0 aromatic heterocycles. The first-order chi connectivity index (χ1) is 15.1. The molecule has 1 amide bonds. The fourth-order valence-electron chi connectivity index (χ4n) is 5.77. The van der Waals surface area contributed by atoms with Gasteiger partial charge in [0.25, 0.3) is 0 Å². The van der Waals surface area contributed by atoms with Crippen molar-refractivity contribution in [1.29, 1.82) is 0 Å². The minimum Gasteiger partial charge on any atom is -0.340 e.